The molecule has 18 heteroatoms. The van der Waals surface area contributed by atoms with Crippen LogP contribution in [0.2, 0.25) is 0 Å². The van der Waals surface area contributed by atoms with Crippen LogP contribution in [0.4, 0.5) is 0 Å². The maximum Gasteiger partial charge on any atom is 0.235 e. The molecule has 4 heterocycles. The monoisotopic (exact) mass is 894 g/mol. The molecular formula is C48H42N6O12. The number of hydrogen-bond acceptors (Lipinski definition) is 12. The van der Waals surface area contributed by atoms with Crippen LogP contribution in [-0.2, 0) is 0 Å². The van der Waals surface area contributed by atoms with Gasteiger partial charge in [0.2, 0.25) is 32.6 Å². The van der Waals surface area contributed by atoms with E-state index >= 15 is 0 Å². The molecule has 0 saturated heterocycles. The molecule has 66 heavy (non-hydrogen) atoms. The molecule has 4 aromatic heterocycles. The van der Waals surface area contributed by atoms with Crippen molar-refractivity contribution in [2.45, 2.75) is 0 Å². The lowest BCUT2D eigenvalue weighted by molar-refractivity contribution is 0.355. The molecule has 0 aliphatic heterocycles. The average Bonchev–Trinajstić information content (AvgIpc) is 3.33. The zero-order chi connectivity index (χ0) is 47.1. The fraction of sp³-hybridized carbons (Fsp3) is 0.125. The van der Waals surface area contributed by atoms with Gasteiger partial charge in [-0.2, -0.15) is 0 Å². The van der Waals surface area contributed by atoms with Gasteiger partial charge in [0.05, 0.1) is 75.8 Å². The van der Waals surface area contributed by atoms with Crippen LogP contribution in [-0.4, -0.2) is 72.6 Å². The Morgan fingerprint density at radius 1 is 0.258 bits per heavy atom. The summed E-state index contributed by atoms with van der Waals surface area (Å²) in [4.78, 5) is 98.9. The van der Waals surface area contributed by atoms with Crippen LogP contribution in [0.1, 0.15) is 0 Å². The molecule has 0 radical (unpaired) electrons. The van der Waals surface area contributed by atoms with E-state index in [0.29, 0.717) is 67.6 Å². The number of fused-ring (bicyclic) bond motifs is 3. The first-order valence-electron chi connectivity index (χ1n) is 19.8. The van der Waals surface area contributed by atoms with Gasteiger partial charge in [-0.05, 0) is 36.4 Å². The van der Waals surface area contributed by atoms with Gasteiger partial charge in [-0.1, -0.05) is 0 Å². The van der Waals surface area contributed by atoms with Crippen molar-refractivity contribution in [3.63, 3.8) is 0 Å². The van der Waals surface area contributed by atoms with Gasteiger partial charge in [-0.3, -0.25) is 28.8 Å². The number of nitrogens with one attached hydrogen (secondary N) is 6. The van der Waals surface area contributed by atoms with E-state index in [-0.39, 0.29) is 32.3 Å². The van der Waals surface area contributed by atoms with Crippen LogP contribution < -0.4 is 61.0 Å². The van der Waals surface area contributed by atoms with Crippen molar-refractivity contribution >= 4 is 65.4 Å². The summed E-state index contributed by atoms with van der Waals surface area (Å²) in [6.07, 6.45) is 8.04. The summed E-state index contributed by atoms with van der Waals surface area (Å²) in [7, 11) is 8.67. The topological polar surface area (TPSA) is 253 Å². The summed E-state index contributed by atoms with van der Waals surface area (Å²) in [6.45, 7) is 0. The number of aromatic amines is 6. The Morgan fingerprint density at radius 3 is 0.515 bits per heavy atom. The lowest BCUT2D eigenvalue weighted by Crippen LogP contribution is -2.22. The van der Waals surface area contributed by atoms with Crippen molar-refractivity contribution in [2.75, 3.05) is 42.7 Å². The maximum absolute atomic E-state index is 13.4. The highest BCUT2D eigenvalue weighted by Crippen LogP contribution is 2.32. The van der Waals surface area contributed by atoms with Crippen molar-refractivity contribution in [1.29, 1.82) is 0 Å². The SMILES string of the molecule is COc1cc2[nH]cc3ccc(c[nH]c4cc(OC)c(OC)cc4[nH]cc4ccc(c[nH]c5cc(OC)c(OC)cc5[nH]cc5ccc(c[nH]c2cc1OC)c(=O)c5=O)c(=O)c4=O)c(=O)c3=O. The minimum atomic E-state index is -0.821. The third-order valence-electron chi connectivity index (χ3n) is 10.4. The molecule has 10 aromatic rings. The van der Waals surface area contributed by atoms with Gasteiger partial charge < -0.3 is 58.3 Å². The van der Waals surface area contributed by atoms with Crippen LogP contribution in [0.25, 0.3) is 65.4 Å². The van der Waals surface area contributed by atoms with E-state index in [0.717, 1.165) is 0 Å². The van der Waals surface area contributed by atoms with Crippen LogP contribution in [0, 0.1) is 0 Å². The number of rotatable bonds is 6. The van der Waals surface area contributed by atoms with Gasteiger partial charge in [0.25, 0.3) is 0 Å². The second-order valence-corrected chi connectivity index (χ2v) is 14.2. The van der Waals surface area contributed by atoms with Gasteiger partial charge in [0.1, 0.15) is 0 Å². The molecule has 336 valence electrons. The van der Waals surface area contributed by atoms with Crippen molar-refractivity contribution in [2.24, 2.45) is 0 Å². The third-order valence-corrected chi connectivity index (χ3v) is 10.4. The molecule has 0 aliphatic carbocycles. The molecule has 0 spiro atoms. The van der Waals surface area contributed by atoms with E-state index < -0.39 is 32.6 Å². The summed E-state index contributed by atoms with van der Waals surface area (Å²) in [5.41, 5.74) is -2.82. The molecule has 0 aliphatic rings. The fourth-order valence-electron chi connectivity index (χ4n) is 6.75. The largest absolute Gasteiger partial charge is 0.493 e. The Hall–Kier alpha value is -9.06. The summed E-state index contributed by atoms with van der Waals surface area (Å²) in [5, 5.41) is 0.131. The Morgan fingerprint density at radius 2 is 0.394 bits per heavy atom. The van der Waals surface area contributed by atoms with E-state index in [4.69, 9.17) is 28.4 Å². The van der Waals surface area contributed by atoms with E-state index in [9.17, 15) is 28.8 Å². The molecule has 0 atom stereocenters. The van der Waals surface area contributed by atoms with Crippen molar-refractivity contribution in [1.82, 2.24) is 29.9 Å². The van der Waals surface area contributed by atoms with Gasteiger partial charge in [-0.25, -0.2) is 0 Å². The number of H-pyrrole nitrogens is 6. The predicted octanol–water partition coefficient (Wildman–Crippen LogP) is 5.85. The van der Waals surface area contributed by atoms with Gasteiger partial charge in [0, 0.05) is 106 Å². The molecule has 6 aromatic carbocycles. The molecule has 10 rings (SSSR count). The van der Waals surface area contributed by atoms with Gasteiger partial charge >= 0.3 is 0 Å². The first-order valence-corrected chi connectivity index (χ1v) is 19.8. The van der Waals surface area contributed by atoms with Crippen molar-refractivity contribution in [3.8, 4) is 34.5 Å². The smallest absolute Gasteiger partial charge is 0.235 e. The Labute approximate surface area is 371 Å². The molecule has 6 N–H and O–H groups in total. The summed E-state index contributed by atoms with van der Waals surface area (Å²) >= 11 is 0. The predicted molar refractivity (Wildman–Crippen MR) is 254 cm³/mol. The van der Waals surface area contributed by atoms with Crippen molar-refractivity contribution in [3.05, 3.63) is 171 Å². The van der Waals surface area contributed by atoms with Crippen LogP contribution >= 0.6 is 0 Å². The Bertz CT molecular complexity index is 3160. The van der Waals surface area contributed by atoms with E-state index in [1.807, 2.05) is 0 Å². The zero-order valence-electron chi connectivity index (χ0n) is 36.3. The lowest BCUT2D eigenvalue weighted by atomic mass is 10.2. The summed E-state index contributed by atoms with van der Waals surface area (Å²) in [5.74, 6) is 1.95. The molecular weight excluding hydrogens is 853 g/mol. The number of hydrogen-bond donors (Lipinski definition) is 6. The average molecular weight is 895 g/mol. The van der Waals surface area contributed by atoms with Crippen LogP contribution in [0.3, 0.4) is 0 Å². The molecule has 0 unspecified atom stereocenters. The second kappa shape index (κ2) is 19.5. The third kappa shape index (κ3) is 9.18. The molecule has 18 nitrogen and oxygen atoms in total. The van der Waals surface area contributed by atoms with E-state index in [1.165, 1.54) is 116 Å². The zero-order valence-corrected chi connectivity index (χ0v) is 36.3. The Balaban J connectivity index is 1.60. The van der Waals surface area contributed by atoms with Crippen LogP contribution in [0.5, 0.6) is 34.5 Å². The minimum Gasteiger partial charge on any atom is -0.493 e. The minimum absolute atomic E-state index is 0.0219. The first kappa shape index (κ1) is 45.0. The second-order valence-electron chi connectivity index (χ2n) is 14.2. The molecule has 0 fully saturated rings. The standard InChI is InChI=1S/C48H42N6O12/c1-61-37-13-31-32(14-38(37)62-2)50-20-26-9-10-28(46(58)44(26)56)22-52-35-17-41(65-5)42(66-6)18-36(35)54-24-30-12-11-29(47(59)48(30)60)23-53-34-16-40(64-4)39(63-3)15-33(34)51-21-27-8-7-25(19-49-31)43(55)45(27)57/h7-24,49-54H,1-6H3. The van der Waals surface area contributed by atoms with Gasteiger partial charge in [-0.15, -0.1) is 0 Å². The maximum atomic E-state index is 13.4. The molecule has 6 bridgehead atoms. The molecule has 0 amide bonds. The summed E-state index contributed by atoms with van der Waals surface area (Å²) in [6, 6.07) is 18.2. The summed E-state index contributed by atoms with van der Waals surface area (Å²) < 4.78 is 32.9. The number of aromatic nitrogens is 6. The van der Waals surface area contributed by atoms with E-state index in [2.05, 4.69) is 29.9 Å². The fourth-order valence-corrected chi connectivity index (χ4v) is 6.75. The molecule has 0 saturated carbocycles. The highest BCUT2D eigenvalue weighted by molar-refractivity contribution is 5.81. The normalized spacial score (nSPS) is 10.6. The van der Waals surface area contributed by atoms with E-state index in [1.54, 1.807) is 36.4 Å². The number of methoxy groups -OCH3 is 6. The first-order chi connectivity index (χ1) is 31.9. The number of ether oxygens (including phenoxy) is 6. The van der Waals surface area contributed by atoms with Crippen molar-refractivity contribution < 1.29 is 28.4 Å². The van der Waals surface area contributed by atoms with Crippen LogP contribution in [0.15, 0.2) is 139 Å². The Kier molecular flexibility index (Phi) is 13.3. The highest BCUT2D eigenvalue weighted by Gasteiger charge is 2.09. The number of benzene rings is 6. The quantitative estimate of drug-likeness (QED) is 0.108. The van der Waals surface area contributed by atoms with Gasteiger partial charge in [0.15, 0.2) is 34.5 Å². The lowest BCUT2D eigenvalue weighted by Gasteiger charge is -2.08. The highest BCUT2D eigenvalue weighted by atomic mass is 16.5.